The topological polar surface area (TPSA) is 55.8 Å². The van der Waals surface area contributed by atoms with Crippen molar-refractivity contribution in [2.24, 2.45) is 0 Å². The lowest BCUT2D eigenvalue weighted by Gasteiger charge is -2.12. The summed E-state index contributed by atoms with van der Waals surface area (Å²) < 4.78 is 9.82. The Morgan fingerprint density at radius 1 is 1.50 bits per heavy atom. The van der Waals surface area contributed by atoms with E-state index in [1.807, 2.05) is 6.92 Å². The van der Waals surface area contributed by atoms with E-state index in [0.717, 1.165) is 11.3 Å². The van der Waals surface area contributed by atoms with E-state index < -0.39 is 12.1 Å². The minimum absolute atomic E-state index is 0.255. The maximum Gasteiger partial charge on any atom is 0.339 e. The van der Waals surface area contributed by atoms with E-state index in [4.69, 9.17) is 9.47 Å². The standard InChI is InChI=1S/C12H16O4/c1-4-16-12(14)11(13)9-5-6-10(15-3)8(2)7-9/h5-7,11,13H,4H2,1-3H3. The van der Waals surface area contributed by atoms with Gasteiger partial charge in [0.05, 0.1) is 13.7 Å². The fraction of sp³-hybridized carbons (Fsp3) is 0.417. The molecule has 0 fully saturated rings. The number of aliphatic hydroxyl groups is 1. The molecule has 1 aromatic carbocycles. The average Bonchev–Trinajstić information content (AvgIpc) is 2.28. The van der Waals surface area contributed by atoms with Gasteiger partial charge in [-0.1, -0.05) is 6.07 Å². The van der Waals surface area contributed by atoms with Gasteiger partial charge in [-0.05, 0) is 37.1 Å². The van der Waals surface area contributed by atoms with Crippen molar-refractivity contribution in [2.75, 3.05) is 13.7 Å². The highest BCUT2D eigenvalue weighted by Crippen LogP contribution is 2.23. The van der Waals surface area contributed by atoms with E-state index in [9.17, 15) is 9.90 Å². The predicted octanol–water partition coefficient (Wildman–Crippen LogP) is 1.60. The summed E-state index contributed by atoms with van der Waals surface area (Å²) in [7, 11) is 1.57. The van der Waals surface area contributed by atoms with Crippen molar-refractivity contribution in [3.63, 3.8) is 0 Å². The molecule has 88 valence electrons. The number of aryl methyl sites for hydroxylation is 1. The molecule has 1 rings (SSSR count). The van der Waals surface area contributed by atoms with Crippen molar-refractivity contribution in [3.05, 3.63) is 29.3 Å². The van der Waals surface area contributed by atoms with Crippen molar-refractivity contribution in [1.82, 2.24) is 0 Å². The van der Waals surface area contributed by atoms with Crippen LogP contribution in [-0.2, 0) is 9.53 Å². The van der Waals surface area contributed by atoms with Gasteiger partial charge in [0, 0.05) is 0 Å². The molecule has 0 aliphatic rings. The number of benzene rings is 1. The normalized spacial score (nSPS) is 12.0. The van der Waals surface area contributed by atoms with Gasteiger partial charge < -0.3 is 14.6 Å². The van der Waals surface area contributed by atoms with Gasteiger partial charge in [-0.15, -0.1) is 0 Å². The number of methoxy groups -OCH3 is 1. The second-order valence-electron chi connectivity index (χ2n) is 3.38. The Hall–Kier alpha value is -1.55. The zero-order valence-electron chi connectivity index (χ0n) is 9.69. The van der Waals surface area contributed by atoms with Crippen molar-refractivity contribution >= 4 is 5.97 Å². The van der Waals surface area contributed by atoms with Crippen molar-refractivity contribution < 1.29 is 19.4 Å². The molecule has 0 saturated carbocycles. The summed E-state index contributed by atoms with van der Waals surface area (Å²) >= 11 is 0. The summed E-state index contributed by atoms with van der Waals surface area (Å²) in [6, 6.07) is 5.07. The van der Waals surface area contributed by atoms with Crippen LogP contribution in [0.5, 0.6) is 5.75 Å². The quantitative estimate of drug-likeness (QED) is 0.789. The van der Waals surface area contributed by atoms with E-state index in [1.54, 1.807) is 32.2 Å². The number of carbonyl (C=O) groups is 1. The van der Waals surface area contributed by atoms with E-state index in [1.165, 1.54) is 0 Å². The Kier molecular flexibility index (Phi) is 4.31. The first kappa shape index (κ1) is 12.5. The SMILES string of the molecule is CCOC(=O)C(O)c1ccc(OC)c(C)c1. The molecule has 0 radical (unpaired) electrons. The zero-order valence-corrected chi connectivity index (χ0v) is 9.69. The van der Waals surface area contributed by atoms with Gasteiger partial charge in [0.2, 0.25) is 0 Å². The van der Waals surface area contributed by atoms with Crippen molar-refractivity contribution in [3.8, 4) is 5.75 Å². The van der Waals surface area contributed by atoms with Gasteiger partial charge in [-0.25, -0.2) is 4.79 Å². The molecule has 4 heteroatoms. The molecule has 0 spiro atoms. The van der Waals surface area contributed by atoms with Crippen LogP contribution in [0, 0.1) is 6.92 Å². The lowest BCUT2D eigenvalue weighted by molar-refractivity contribution is -0.153. The number of carbonyl (C=O) groups excluding carboxylic acids is 1. The molecule has 1 unspecified atom stereocenters. The summed E-state index contributed by atoms with van der Waals surface area (Å²) in [6.07, 6.45) is -1.23. The third kappa shape index (κ3) is 2.73. The van der Waals surface area contributed by atoms with Crippen LogP contribution >= 0.6 is 0 Å². The lowest BCUT2D eigenvalue weighted by Crippen LogP contribution is -2.15. The molecule has 0 bridgehead atoms. The fourth-order valence-corrected chi connectivity index (χ4v) is 1.43. The second kappa shape index (κ2) is 5.51. The van der Waals surface area contributed by atoms with Crippen LogP contribution in [0.1, 0.15) is 24.2 Å². The molecular weight excluding hydrogens is 208 g/mol. The van der Waals surface area contributed by atoms with Gasteiger partial charge in [0.15, 0.2) is 6.10 Å². The first-order valence-electron chi connectivity index (χ1n) is 5.09. The van der Waals surface area contributed by atoms with Crippen LogP contribution < -0.4 is 4.74 Å². The van der Waals surface area contributed by atoms with Crippen LogP contribution in [0.25, 0.3) is 0 Å². The van der Waals surface area contributed by atoms with Gasteiger partial charge >= 0.3 is 5.97 Å². The van der Waals surface area contributed by atoms with E-state index >= 15 is 0 Å². The predicted molar refractivity (Wildman–Crippen MR) is 59.3 cm³/mol. The Balaban J connectivity index is 2.88. The van der Waals surface area contributed by atoms with Crippen molar-refractivity contribution in [2.45, 2.75) is 20.0 Å². The van der Waals surface area contributed by atoms with Crippen molar-refractivity contribution in [1.29, 1.82) is 0 Å². The van der Waals surface area contributed by atoms with Crippen LogP contribution in [-0.4, -0.2) is 24.8 Å². The number of rotatable bonds is 4. The Labute approximate surface area is 94.8 Å². The Morgan fingerprint density at radius 2 is 2.19 bits per heavy atom. The Morgan fingerprint density at radius 3 is 2.69 bits per heavy atom. The third-order valence-corrected chi connectivity index (χ3v) is 2.24. The molecule has 0 saturated heterocycles. The summed E-state index contributed by atoms with van der Waals surface area (Å²) in [5, 5.41) is 9.69. The number of hydrogen-bond donors (Lipinski definition) is 1. The average molecular weight is 224 g/mol. The first-order chi connectivity index (χ1) is 7.60. The number of esters is 1. The highest BCUT2D eigenvalue weighted by Gasteiger charge is 2.19. The lowest BCUT2D eigenvalue weighted by atomic mass is 10.1. The van der Waals surface area contributed by atoms with E-state index in [2.05, 4.69) is 0 Å². The van der Waals surface area contributed by atoms with Crippen LogP contribution in [0.15, 0.2) is 18.2 Å². The van der Waals surface area contributed by atoms with E-state index in [-0.39, 0.29) is 6.61 Å². The number of ether oxygens (including phenoxy) is 2. The van der Waals surface area contributed by atoms with Gasteiger partial charge in [0.25, 0.3) is 0 Å². The molecular formula is C12H16O4. The molecule has 1 N–H and O–H groups in total. The minimum atomic E-state index is -1.23. The van der Waals surface area contributed by atoms with Gasteiger partial charge in [-0.3, -0.25) is 0 Å². The molecule has 1 atom stereocenters. The van der Waals surface area contributed by atoms with Gasteiger partial charge in [0.1, 0.15) is 5.75 Å². The largest absolute Gasteiger partial charge is 0.496 e. The highest BCUT2D eigenvalue weighted by molar-refractivity contribution is 5.76. The second-order valence-corrected chi connectivity index (χ2v) is 3.38. The number of hydrogen-bond acceptors (Lipinski definition) is 4. The molecule has 0 aliphatic heterocycles. The highest BCUT2D eigenvalue weighted by atomic mass is 16.5. The molecule has 0 aliphatic carbocycles. The smallest absolute Gasteiger partial charge is 0.339 e. The summed E-state index contributed by atoms with van der Waals surface area (Å²) in [5.74, 6) is 0.0897. The number of aliphatic hydroxyl groups excluding tert-OH is 1. The zero-order chi connectivity index (χ0) is 12.1. The molecule has 1 aromatic rings. The molecule has 0 amide bonds. The molecule has 16 heavy (non-hydrogen) atoms. The fourth-order valence-electron chi connectivity index (χ4n) is 1.43. The summed E-state index contributed by atoms with van der Waals surface area (Å²) in [4.78, 5) is 11.3. The Bertz CT molecular complexity index is 373. The van der Waals surface area contributed by atoms with Gasteiger partial charge in [-0.2, -0.15) is 0 Å². The molecule has 4 nitrogen and oxygen atoms in total. The maximum absolute atomic E-state index is 11.3. The molecule has 0 heterocycles. The summed E-state index contributed by atoms with van der Waals surface area (Å²) in [6.45, 7) is 3.80. The maximum atomic E-state index is 11.3. The third-order valence-electron chi connectivity index (χ3n) is 2.24. The van der Waals surface area contributed by atoms with Crippen LogP contribution in [0.3, 0.4) is 0 Å². The monoisotopic (exact) mass is 224 g/mol. The van der Waals surface area contributed by atoms with Crippen LogP contribution in [0.2, 0.25) is 0 Å². The first-order valence-corrected chi connectivity index (χ1v) is 5.09. The van der Waals surface area contributed by atoms with Crippen LogP contribution in [0.4, 0.5) is 0 Å². The molecule has 0 aromatic heterocycles. The minimum Gasteiger partial charge on any atom is -0.496 e. The van der Waals surface area contributed by atoms with E-state index in [0.29, 0.717) is 5.56 Å². The summed E-state index contributed by atoms with van der Waals surface area (Å²) in [5.41, 5.74) is 1.38.